The molecular formula is C23H24NO+. The first-order valence-corrected chi connectivity index (χ1v) is 9.32. The number of benzene rings is 2. The van der Waals surface area contributed by atoms with E-state index in [1.165, 1.54) is 24.8 Å². The fourth-order valence-electron chi connectivity index (χ4n) is 4.00. The third kappa shape index (κ3) is 3.34. The van der Waals surface area contributed by atoms with E-state index in [0.29, 0.717) is 5.78 Å². The molecule has 1 aliphatic rings. The van der Waals surface area contributed by atoms with Crippen LogP contribution in [0.15, 0.2) is 66.9 Å². The first-order valence-electron chi connectivity index (χ1n) is 9.32. The van der Waals surface area contributed by atoms with Crippen LogP contribution in [0, 0.1) is 5.92 Å². The summed E-state index contributed by atoms with van der Waals surface area (Å²) in [4.78, 5) is 13.4. The summed E-state index contributed by atoms with van der Waals surface area (Å²) in [6.45, 7) is 0.736. The third-order valence-electron chi connectivity index (χ3n) is 5.34. The molecule has 126 valence electrons. The van der Waals surface area contributed by atoms with Gasteiger partial charge in [0.05, 0.1) is 5.39 Å². The lowest BCUT2D eigenvalue weighted by molar-refractivity contribution is -0.688. The summed E-state index contributed by atoms with van der Waals surface area (Å²) in [5.41, 5.74) is 2.11. The Bertz CT molecular complexity index is 879. The molecule has 25 heavy (non-hydrogen) atoms. The summed E-state index contributed by atoms with van der Waals surface area (Å²) in [5, 5.41) is 2.22. The van der Waals surface area contributed by atoms with Crippen LogP contribution < -0.4 is 4.57 Å². The maximum absolute atomic E-state index is 13.4. The van der Waals surface area contributed by atoms with Crippen molar-refractivity contribution in [2.75, 3.05) is 0 Å². The molecule has 2 nitrogen and oxygen atoms in total. The molecule has 3 aromatic rings. The zero-order valence-electron chi connectivity index (χ0n) is 14.5. The van der Waals surface area contributed by atoms with Crippen LogP contribution in [0.3, 0.4) is 0 Å². The van der Waals surface area contributed by atoms with Gasteiger partial charge in [0.15, 0.2) is 12.7 Å². The minimum Gasteiger partial charge on any atom is -0.287 e. The van der Waals surface area contributed by atoms with E-state index in [4.69, 9.17) is 0 Å². The lowest BCUT2D eigenvalue weighted by Gasteiger charge is -2.20. The molecule has 0 saturated heterocycles. The van der Waals surface area contributed by atoms with Gasteiger partial charge in [-0.2, -0.15) is 4.57 Å². The Hall–Kier alpha value is -2.48. The zero-order chi connectivity index (χ0) is 17.1. The number of carbonyl (C=O) groups is 1. The van der Waals surface area contributed by atoms with Gasteiger partial charge in [-0.25, -0.2) is 0 Å². The van der Waals surface area contributed by atoms with Gasteiger partial charge in [-0.3, -0.25) is 4.79 Å². The molecular weight excluding hydrogens is 306 g/mol. The van der Waals surface area contributed by atoms with Crippen molar-refractivity contribution in [3.8, 4) is 0 Å². The highest BCUT2D eigenvalue weighted by atomic mass is 16.1. The van der Waals surface area contributed by atoms with Gasteiger partial charge in [-0.15, -0.1) is 0 Å². The minimum atomic E-state index is 0.182. The van der Waals surface area contributed by atoms with E-state index in [-0.39, 0.29) is 5.92 Å². The lowest BCUT2D eigenvalue weighted by atomic mass is 9.84. The van der Waals surface area contributed by atoms with Crippen molar-refractivity contribution in [2.45, 2.75) is 38.6 Å². The molecule has 1 saturated carbocycles. The number of carbonyl (C=O) groups excluding carboxylic acids is 1. The van der Waals surface area contributed by atoms with Crippen LogP contribution in [0.25, 0.3) is 10.8 Å². The Morgan fingerprint density at radius 1 is 0.880 bits per heavy atom. The SMILES string of the molecule is O=C(c1c2ccccc2cc[n+]1Cc1ccccc1)C1CCCCC1. The second kappa shape index (κ2) is 7.18. The number of nitrogens with zero attached hydrogens (tertiary/aromatic N) is 1. The predicted molar refractivity (Wildman–Crippen MR) is 101 cm³/mol. The van der Waals surface area contributed by atoms with Crippen LogP contribution in [0.1, 0.15) is 48.2 Å². The summed E-state index contributed by atoms with van der Waals surface area (Å²) < 4.78 is 2.15. The highest BCUT2D eigenvalue weighted by Crippen LogP contribution is 2.28. The molecule has 1 fully saturated rings. The Kier molecular flexibility index (Phi) is 4.60. The summed E-state index contributed by atoms with van der Waals surface area (Å²) in [6, 6.07) is 20.8. The van der Waals surface area contributed by atoms with Gasteiger partial charge >= 0.3 is 0 Å². The van der Waals surface area contributed by atoms with E-state index in [1.807, 2.05) is 18.2 Å². The van der Waals surface area contributed by atoms with Gasteiger partial charge in [0.25, 0.3) is 5.69 Å². The van der Waals surface area contributed by atoms with Crippen molar-refractivity contribution in [1.82, 2.24) is 0 Å². The Labute approximate surface area is 149 Å². The monoisotopic (exact) mass is 330 g/mol. The number of ketones is 1. The average molecular weight is 330 g/mol. The molecule has 0 N–H and O–H groups in total. The van der Waals surface area contributed by atoms with Gasteiger partial charge in [-0.1, -0.05) is 67.8 Å². The first kappa shape index (κ1) is 16.0. The van der Waals surface area contributed by atoms with Crippen LogP contribution in [-0.2, 0) is 6.54 Å². The van der Waals surface area contributed by atoms with Crippen molar-refractivity contribution >= 4 is 16.6 Å². The quantitative estimate of drug-likeness (QED) is 0.490. The molecule has 0 amide bonds. The molecule has 2 heteroatoms. The van der Waals surface area contributed by atoms with Crippen molar-refractivity contribution < 1.29 is 9.36 Å². The second-order valence-corrected chi connectivity index (χ2v) is 7.06. The fourth-order valence-corrected chi connectivity index (χ4v) is 4.00. The molecule has 1 aromatic heterocycles. The van der Waals surface area contributed by atoms with E-state index in [9.17, 15) is 4.79 Å². The number of pyridine rings is 1. The lowest BCUT2D eigenvalue weighted by Crippen LogP contribution is -2.42. The first-order chi connectivity index (χ1) is 12.3. The molecule has 1 aliphatic carbocycles. The van der Waals surface area contributed by atoms with Crippen LogP contribution in [0.2, 0.25) is 0 Å². The van der Waals surface area contributed by atoms with Crippen molar-refractivity contribution in [2.24, 2.45) is 5.92 Å². The molecule has 4 rings (SSSR count). The molecule has 0 bridgehead atoms. The van der Waals surface area contributed by atoms with E-state index in [2.05, 4.69) is 53.2 Å². The maximum Gasteiger partial charge on any atom is 0.257 e. The summed E-state index contributed by atoms with van der Waals surface area (Å²) >= 11 is 0. The summed E-state index contributed by atoms with van der Waals surface area (Å²) in [6.07, 6.45) is 7.77. The molecule has 0 radical (unpaired) electrons. The Balaban J connectivity index is 1.80. The fraction of sp³-hybridized carbons (Fsp3) is 0.304. The van der Waals surface area contributed by atoms with Crippen molar-refractivity contribution in [1.29, 1.82) is 0 Å². The third-order valence-corrected chi connectivity index (χ3v) is 5.34. The molecule has 0 aliphatic heterocycles. The smallest absolute Gasteiger partial charge is 0.257 e. The molecule has 0 atom stereocenters. The topological polar surface area (TPSA) is 20.9 Å². The summed E-state index contributed by atoms with van der Waals surface area (Å²) in [7, 11) is 0. The van der Waals surface area contributed by atoms with Gasteiger partial charge in [0, 0.05) is 17.5 Å². The molecule has 0 unspecified atom stereocenters. The van der Waals surface area contributed by atoms with Crippen LogP contribution >= 0.6 is 0 Å². The van der Waals surface area contributed by atoms with Gasteiger partial charge < -0.3 is 0 Å². The average Bonchev–Trinajstić information content (AvgIpc) is 2.69. The molecule has 2 aromatic carbocycles. The van der Waals surface area contributed by atoms with E-state index < -0.39 is 0 Å². The van der Waals surface area contributed by atoms with E-state index in [1.54, 1.807) is 0 Å². The number of hydrogen-bond donors (Lipinski definition) is 0. The number of rotatable bonds is 4. The highest BCUT2D eigenvalue weighted by Gasteiger charge is 2.30. The van der Waals surface area contributed by atoms with Gasteiger partial charge in [-0.05, 0) is 24.3 Å². The second-order valence-electron chi connectivity index (χ2n) is 7.06. The predicted octanol–water partition coefficient (Wildman–Crippen LogP) is 4.94. The number of aromatic nitrogens is 1. The molecule has 0 spiro atoms. The number of hydrogen-bond acceptors (Lipinski definition) is 1. The van der Waals surface area contributed by atoms with E-state index >= 15 is 0 Å². The maximum atomic E-state index is 13.4. The number of Topliss-reactive ketones (excluding diaryl/α,β-unsaturated/α-hetero) is 1. The zero-order valence-corrected chi connectivity index (χ0v) is 14.5. The number of fused-ring (bicyclic) bond motifs is 1. The highest BCUT2D eigenvalue weighted by molar-refractivity contribution is 6.06. The van der Waals surface area contributed by atoms with Crippen molar-refractivity contribution in [3.63, 3.8) is 0 Å². The van der Waals surface area contributed by atoms with E-state index in [0.717, 1.165) is 35.9 Å². The minimum absolute atomic E-state index is 0.182. The normalized spacial score (nSPS) is 15.4. The van der Waals surface area contributed by atoms with Gasteiger partial charge in [0.2, 0.25) is 5.78 Å². The Morgan fingerprint density at radius 3 is 2.40 bits per heavy atom. The summed E-state index contributed by atoms with van der Waals surface area (Å²) in [5.74, 6) is 0.508. The van der Waals surface area contributed by atoms with Crippen LogP contribution in [0.4, 0.5) is 0 Å². The van der Waals surface area contributed by atoms with Gasteiger partial charge in [0.1, 0.15) is 0 Å². The standard InChI is InChI=1S/C23H24NO/c25-23(20-12-5-2-6-13-20)22-21-14-8-7-11-19(21)15-16-24(22)17-18-9-3-1-4-10-18/h1,3-4,7-11,14-16,20H,2,5-6,12-13,17H2/q+1. The van der Waals surface area contributed by atoms with Crippen LogP contribution in [-0.4, -0.2) is 5.78 Å². The Morgan fingerprint density at radius 2 is 1.60 bits per heavy atom. The molecule has 1 heterocycles. The van der Waals surface area contributed by atoms with Crippen molar-refractivity contribution in [3.05, 3.63) is 78.1 Å². The van der Waals surface area contributed by atoms with Crippen LogP contribution in [0.5, 0.6) is 0 Å². The largest absolute Gasteiger partial charge is 0.287 e.